The van der Waals surface area contributed by atoms with Crippen LogP contribution < -0.4 is 10.2 Å². The summed E-state index contributed by atoms with van der Waals surface area (Å²) in [6.07, 6.45) is 0. The van der Waals surface area contributed by atoms with Crippen LogP contribution in [-0.2, 0) is 6.54 Å². The molecule has 0 unspecified atom stereocenters. The van der Waals surface area contributed by atoms with E-state index in [9.17, 15) is 8.78 Å². The Bertz CT molecular complexity index is 653. The molecule has 21 heavy (non-hydrogen) atoms. The van der Waals surface area contributed by atoms with Crippen molar-refractivity contribution in [3.8, 4) is 0 Å². The first-order valence-corrected chi connectivity index (χ1v) is 7.02. The Kier molecular flexibility index (Phi) is 3.32. The fourth-order valence-corrected chi connectivity index (χ4v) is 2.70. The lowest BCUT2D eigenvalue weighted by molar-refractivity contribution is 0.462. The van der Waals surface area contributed by atoms with Crippen LogP contribution in [0.1, 0.15) is 19.4 Å². The topological polar surface area (TPSA) is 15.3 Å². The summed E-state index contributed by atoms with van der Waals surface area (Å²) in [7, 11) is 0. The smallest absolute Gasteiger partial charge is 0.161 e. The Labute approximate surface area is 123 Å². The first-order valence-electron chi connectivity index (χ1n) is 7.02. The molecule has 4 heteroatoms. The lowest BCUT2D eigenvalue weighted by Crippen LogP contribution is -2.51. The zero-order valence-electron chi connectivity index (χ0n) is 12.2. The molecular weight excluding hydrogens is 270 g/mol. The van der Waals surface area contributed by atoms with Gasteiger partial charge in [0.15, 0.2) is 11.6 Å². The van der Waals surface area contributed by atoms with Crippen molar-refractivity contribution in [2.24, 2.45) is 0 Å². The van der Waals surface area contributed by atoms with Gasteiger partial charge in [0, 0.05) is 25.2 Å². The van der Waals surface area contributed by atoms with Gasteiger partial charge in [-0.15, -0.1) is 0 Å². The molecule has 2 nitrogen and oxygen atoms in total. The largest absolute Gasteiger partial charge is 0.381 e. The van der Waals surface area contributed by atoms with Crippen LogP contribution in [-0.4, -0.2) is 12.1 Å². The van der Waals surface area contributed by atoms with Crippen molar-refractivity contribution in [3.63, 3.8) is 0 Å². The molecule has 0 aliphatic carbocycles. The van der Waals surface area contributed by atoms with Crippen LogP contribution in [0.25, 0.3) is 0 Å². The van der Waals surface area contributed by atoms with Gasteiger partial charge in [0.05, 0.1) is 16.9 Å². The second-order valence-electron chi connectivity index (χ2n) is 6.02. The molecule has 0 saturated heterocycles. The molecule has 0 spiro atoms. The third-order valence-electron chi connectivity index (χ3n) is 3.96. The molecule has 1 aliphatic heterocycles. The Balaban J connectivity index is 2.03. The van der Waals surface area contributed by atoms with E-state index in [1.165, 1.54) is 12.1 Å². The highest BCUT2D eigenvalue weighted by Gasteiger charge is 2.33. The maximum atomic E-state index is 13.6. The first kappa shape index (κ1) is 13.9. The third kappa shape index (κ3) is 2.58. The van der Waals surface area contributed by atoms with Crippen molar-refractivity contribution in [1.82, 2.24) is 0 Å². The van der Waals surface area contributed by atoms with Crippen LogP contribution >= 0.6 is 0 Å². The number of halogens is 2. The van der Waals surface area contributed by atoms with E-state index in [2.05, 4.69) is 24.1 Å². The van der Waals surface area contributed by atoms with E-state index < -0.39 is 11.6 Å². The fraction of sp³-hybridized carbons (Fsp3) is 0.294. The van der Waals surface area contributed by atoms with Crippen LogP contribution in [0.4, 0.5) is 20.2 Å². The van der Waals surface area contributed by atoms with E-state index in [4.69, 9.17) is 0 Å². The quantitative estimate of drug-likeness (QED) is 0.892. The number of hydrogen-bond donors (Lipinski definition) is 1. The van der Waals surface area contributed by atoms with Crippen LogP contribution in [0.5, 0.6) is 0 Å². The second-order valence-corrected chi connectivity index (χ2v) is 6.02. The zero-order chi connectivity index (χ0) is 15.0. The molecule has 0 amide bonds. The molecule has 0 aromatic heterocycles. The molecule has 0 atom stereocenters. The molecule has 0 fully saturated rings. The van der Waals surface area contributed by atoms with Gasteiger partial charge in [-0.05, 0) is 19.4 Å². The van der Waals surface area contributed by atoms with E-state index in [-0.39, 0.29) is 5.54 Å². The van der Waals surface area contributed by atoms with Gasteiger partial charge in [0.1, 0.15) is 0 Å². The van der Waals surface area contributed by atoms with Crippen LogP contribution in [0.2, 0.25) is 0 Å². The number of nitrogens with zero attached hydrogens (tertiary/aromatic N) is 1. The summed E-state index contributed by atoms with van der Waals surface area (Å²) in [4.78, 5) is 2.12. The van der Waals surface area contributed by atoms with Crippen molar-refractivity contribution < 1.29 is 8.78 Å². The number of benzene rings is 2. The van der Waals surface area contributed by atoms with E-state index in [1.54, 1.807) is 0 Å². The number of nitrogens with one attached hydrogen (secondary N) is 1. The molecule has 1 aliphatic rings. The minimum absolute atomic E-state index is 0.187. The fourth-order valence-electron chi connectivity index (χ4n) is 2.70. The SMILES string of the molecule is CC1(C)CNc2cc(F)c(F)cc2N1Cc1ccccc1. The normalized spacial score (nSPS) is 16.3. The average molecular weight is 288 g/mol. The van der Waals surface area contributed by atoms with Gasteiger partial charge in [-0.25, -0.2) is 8.78 Å². The minimum Gasteiger partial charge on any atom is -0.381 e. The van der Waals surface area contributed by atoms with Gasteiger partial charge in [-0.1, -0.05) is 30.3 Å². The summed E-state index contributed by atoms with van der Waals surface area (Å²) >= 11 is 0. The van der Waals surface area contributed by atoms with E-state index >= 15 is 0 Å². The number of rotatable bonds is 2. The monoisotopic (exact) mass is 288 g/mol. The van der Waals surface area contributed by atoms with Crippen molar-refractivity contribution in [3.05, 3.63) is 59.7 Å². The molecule has 1 N–H and O–H groups in total. The summed E-state index contributed by atoms with van der Waals surface area (Å²) in [5, 5.41) is 3.19. The van der Waals surface area contributed by atoms with Gasteiger partial charge < -0.3 is 10.2 Å². The highest BCUT2D eigenvalue weighted by atomic mass is 19.2. The van der Waals surface area contributed by atoms with Gasteiger partial charge in [0.2, 0.25) is 0 Å². The predicted octanol–water partition coefficient (Wildman–Crippen LogP) is 4.18. The maximum absolute atomic E-state index is 13.6. The Morgan fingerprint density at radius 3 is 2.48 bits per heavy atom. The Morgan fingerprint density at radius 2 is 1.76 bits per heavy atom. The minimum atomic E-state index is -0.819. The molecule has 110 valence electrons. The summed E-state index contributed by atoms with van der Waals surface area (Å²) in [5.74, 6) is -1.63. The van der Waals surface area contributed by atoms with Crippen LogP contribution in [0.3, 0.4) is 0 Å². The summed E-state index contributed by atoms with van der Waals surface area (Å²) in [6.45, 7) is 5.52. The standard InChI is InChI=1S/C17H18F2N2/c1-17(2)11-20-15-8-13(18)14(19)9-16(15)21(17)10-12-6-4-3-5-7-12/h3-9,20H,10-11H2,1-2H3. The van der Waals surface area contributed by atoms with Crippen molar-refractivity contribution >= 4 is 11.4 Å². The van der Waals surface area contributed by atoms with Gasteiger partial charge in [-0.3, -0.25) is 0 Å². The van der Waals surface area contributed by atoms with E-state index in [0.29, 0.717) is 24.5 Å². The van der Waals surface area contributed by atoms with Gasteiger partial charge >= 0.3 is 0 Å². The molecule has 3 rings (SSSR count). The number of fused-ring (bicyclic) bond motifs is 1. The molecular formula is C17H18F2N2. The van der Waals surface area contributed by atoms with Crippen LogP contribution in [0.15, 0.2) is 42.5 Å². The Hall–Kier alpha value is -2.10. The molecule has 1 heterocycles. The first-order chi connectivity index (χ1) is 9.97. The van der Waals surface area contributed by atoms with Crippen molar-refractivity contribution in [2.75, 3.05) is 16.8 Å². The summed E-state index contributed by atoms with van der Waals surface area (Å²) in [5.41, 5.74) is 2.30. The van der Waals surface area contributed by atoms with Crippen molar-refractivity contribution in [2.45, 2.75) is 25.9 Å². The van der Waals surface area contributed by atoms with Crippen LogP contribution in [0, 0.1) is 11.6 Å². The average Bonchev–Trinajstić information content (AvgIpc) is 2.46. The third-order valence-corrected chi connectivity index (χ3v) is 3.96. The summed E-state index contributed by atoms with van der Waals surface area (Å²) in [6, 6.07) is 12.5. The maximum Gasteiger partial charge on any atom is 0.161 e. The lowest BCUT2D eigenvalue weighted by Gasteiger charge is -2.45. The molecule has 0 saturated carbocycles. The number of hydrogen-bond acceptors (Lipinski definition) is 2. The van der Waals surface area contributed by atoms with E-state index in [1.807, 2.05) is 30.3 Å². The Morgan fingerprint density at radius 1 is 1.10 bits per heavy atom. The van der Waals surface area contributed by atoms with Crippen molar-refractivity contribution in [1.29, 1.82) is 0 Å². The summed E-state index contributed by atoms with van der Waals surface area (Å²) < 4.78 is 27.1. The highest BCUT2D eigenvalue weighted by Crippen LogP contribution is 2.38. The molecule has 0 bridgehead atoms. The highest BCUT2D eigenvalue weighted by molar-refractivity contribution is 5.74. The molecule has 0 radical (unpaired) electrons. The van der Waals surface area contributed by atoms with E-state index in [0.717, 1.165) is 5.56 Å². The molecule has 2 aromatic rings. The second kappa shape index (κ2) is 5.02. The predicted molar refractivity (Wildman–Crippen MR) is 81.6 cm³/mol. The zero-order valence-corrected chi connectivity index (χ0v) is 12.2. The molecule has 2 aromatic carbocycles. The number of anilines is 2. The van der Waals surface area contributed by atoms with Gasteiger partial charge in [0.25, 0.3) is 0 Å². The van der Waals surface area contributed by atoms with Gasteiger partial charge in [-0.2, -0.15) is 0 Å². The lowest BCUT2D eigenvalue weighted by atomic mass is 9.96.